The van der Waals surface area contributed by atoms with Gasteiger partial charge in [-0.05, 0) is 58.9 Å². The van der Waals surface area contributed by atoms with E-state index in [2.05, 4.69) is 22.9 Å². The molecule has 0 saturated heterocycles. The summed E-state index contributed by atoms with van der Waals surface area (Å²) >= 11 is 0. The number of hydrogen-bond donors (Lipinski definition) is 2. The number of allylic oxidation sites excluding steroid dienone is 5. The molecule has 2 aliphatic carbocycles. The van der Waals surface area contributed by atoms with E-state index in [1.54, 1.807) is 18.2 Å². The Morgan fingerprint density at radius 2 is 1.74 bits per heavy atom. The number of halogens is 1. The molecule has 2 N–H and O–H groups in total. The number of carbonyl (C=O) groups excluding carboxylic acids is 1. The van der Waals surface area contributed by atoms with Gasteiger partial charge in [0.2, 0.25) is 0 Å². The fourth-order valence-electron chi connectivity index (χ4n) is 5.30. The Bertz CT molecular complexity index is 1090. The normalized spacial score (nSPS) is 19.0. The van der Waals surface area contributed by atoms with Gasteiger partial charge < -0.3 is 14.9 Å². The maximum Gasteiger partial charge on any atom is 0.308 e. The molecule has 5 heteroatoms. The second kappa shape index (κ2) is 10.5. The van der Waals surface area contributed by atoms with Crippen LogP contribution in [-0.2, 0) is 9.53 Å². The van der Waals surface area contributed by atoms with Crippen molar-refractivity contribution in [3.63, 3.8) is 0 Å². The summed E-state index contributed by atoms with van der Waals surface area (Å²) in [5, 5.41) is 20.7. The smallest absolute Gasteiger partial charge is 0.308 e. The number of benzene rings is 2. The SMILES string of the molecule is COC(=O)CC(O)CC(O)C=CC1=C(c2ccc(F)cc2)C=C(c2ccccc2)C12CCCC2. The molecule has 178 valence electrons. The lowest BCUT2D eigenvalue weighted by molar-refractivity contribution is -0.143. The van der Waals surface area contributed by atoms with Crippen molar-refractivity contribution >= 4 is 17.1 Å². The van der Waals surface area contributed by atoms with Crippen molar-refractivity contribution < 1.29 is 24.1 Å². The van der Waals surface area contributed by atoms with Gasteiger partial charge in [0.1, 0.15) is 5.82 Å². The number of carbonyl (C=O) groups is 1. The van der Waals surface area contributed by atoms with Gasteiger partial charge in [-0.3, -0.25) is 4.79 Å². The molecule has 0 heterocycles. The van der Waals surface area contributed by atoms with E-state index in [0.29, 0.717) is 0 Å². The molecule has 1 fully saturated rings. The average molecular weight is 463 g/mol. The second-order valence-electron chi connectivity index (χ2n) is 9.14. The Kier molecular flexibility index (Phi) is 7.44. The average Bonchev–Trinajstić information content (AvgIpc) is 3.44. The third kappa shape index (κ3) is 5.06. The van der Waals surface area contributed by atoms with Gasteiger partial charge in [-0.25, -0.2) is 4.39 Å². The molecule has 1 spiro atoms. The quantitative estimate of drug-likeness (QED) is 0.511. The summed E-state index contributed by atoms with van der Waals surface area (Å²) in [5.74, 6) is -0.792. The standard InChI is InChI=1S/C29H31FO4/c1-34-28(33)18-24(32)17-23(31)13-14-26-25(20-9-11-22(30)12-10-20)19-27(21-7-3-2-4-8-21)29(26)15-5-6-16-29/h2-4,7-14,19,23-24,31-32H,5-6,15-18H2,1H3. The molecule has 0 aromatic heterocycles. The van der Waals surface area contributed by atoms with Crippen molar-refractivity contribution in [2.45, 2.75) is 50.7 Å². The molecule has 2 aromatic rings. The molecule has 2 unspecified atom stereocenters. The Morgan fingerprint density at radius 3 is 2.38 bits per heavy atom. The molecule has 2 aromatic carbocycles. The lowest BCUT2D eigenvalue weighted by Crippen LogP contribution is -2.21. The minimum absolute atomic E-state index is 0.0384. The summed E-state index contributed by atoms with van der Waals surface area (Å²) in [5.41, 5.74) is 5.31. The van der Waals surface area contributed by atoms with Crippen LogP contribution < -0.4 is 0 Å². The van der Waals surface area contributed by atoms with Gasteiger partial charge in [-0.15, -0.1) is 0 Å². The predicted octanol–water partition coefficient (Wildman–Crippen LogP) is 5.47. The molecule has 0 aliphatic heterocycles. The highest BCUT2D eigenvalue weighted by atomic mass is 19.1. The summed E-state index contributed by atoms with van der Waals surface area (Å²) in [6.45, 7) is 0. The summed E-state index contributed by atoms with van der Waals surface area (Å²) in [6, 6.07) is 16.9. The van der Waals surface area contributed by atoms with Crippen molar-refractivity contribution in [2.75, 3.05) is 7.11 Å². The van der Waals surface area contributed by atoms with Gasteiger partial charge in [0.15, 0.2) is 0 Å². The first-order valence-corrected chi connectivity index (χ1v) is 11.8. The van der Waals surface area contributed by atoms with Gasteiger partial charge in [0.05, 0.1) is 25.7 Å². The molecule has 0 amide bonds. The van der Waals surface area contributed by atoms with Gasteiger partial charge in [-0.2, -0.15) is 0 Å². The first-order chi connectivity index (χ1) is 16.4. The molecule has 2 aliphatic rings. The third-order valence-electron chi connectivity index (χ3n) is 6.94. The van der Waals surface area contributed by atoms with Crippen LogP contribution in [-0.4, -0.2) is 35.5 Å². The minimum atomic E-state index is -0.986. The molecular formula is C29H31FO4. The van der Waals surface area contributed by atoms with Crippen LogP contribution in [0, 0.1) is 11.2 Å². The van der Waals surface area contributed by atoms with Crippen LogP contribution in [0.2, 0.25) is 0 Å². The Balaban J connectivity index is 1.70. The van der Waals surface area contributed by atoms with Crippen molar-refractivity contribution in [2.24, 2.45) is 5.41 Å². The molecule has 0 radical (unpaired) electrons. The number of hydrogen-bond acceptors (Lipinski definition) is 4. The third-order valence-corrected chi connectivity index (χ3v) is 6.94. The van der Waals surface area contributed by atoms with Gasteiger partial charge >= 0.3 is 5.97 Å². The number of esters is 1. The van der Waals surface area contributed by atoms with E-state index in [4.69, 9.17) is 0 Å². The first-order valence-electron chi connectivity index (χ1n) is 11.8. The van der Waals surface area contributed by atoms with E-state index in [-0.39, 0.29) is 24.1 Å². The maximum absolute atomic E-state index is 13.7. The number of aliphatic hydroxyl groups is 2. The van der Waals surface area contributed by atoms with E-state index in [1.165, 1.54) is 30.4 Å². The first kappa shape index (κ1) is 24.1. The highest BCUT2D eigenvalue weighted by Crippen LogP contribution is 2.59. The van der Waals surface area contributed by atoms with Crippen molar-refractivity contribution in [1.29, 1.82) is 0 Å². The van der Waals surface area contributed by atoms with E-state index in [1.807, 2.05) is 24.3 Å². The Morgan fingerprint density at radius 1 is 1.06 bits per heavy atom. The summed E-state index contributed by atoms with van der Waals surface area (Å²) in [7, 11) is 1.27. The van der Waals surface area contributed by atoms with Crippen molar-refractivity contribution in [1.82, 2.24) is 0 Å². The predicted molar refractivity (Wildman–Crippen MR) is 131 cm³/mol. The van der Waals surface area contributed by atoms with E-state index >= 15 is 0 Å². The maximum atomic E-state index is 13.7. The van der Waals surface area contributed by atoms with Crippen molar-refractivity contribution in [3.05, 3.63) is 95.3 Å². The fourth-order valence-corrected chi connectivity index (χ4v) is 5.30. The van der Waals surface area contributed by atoms with Crippen LogP contribution >= 0.6 is 0 Å². The van der Waals surface area contributed by atoms with Crippen molar-refractivity contribution in [3.8, 4) is 0 Å². The van der Waals surface area contributed by atoms with Crippen LogP contribution in [0.15, 0.2) is 78.4 Å². The number of ether oxygens (including phenoxy) is 1. The molecular weight excluding hydrogens is 431 g/mol. The monoisotopic (exact) mass is 462 g/mol. The molecule has 1 saturated carbocycles. The zero-order chi connectivity index (χ0) is 24.1. The van der Waals surface area contributed by atoms with E-state index in [9.17, 15) is 19.4 Å². The largest absolute Gasteiger partial charge is 0.469 e. The lowest BCUT2D eigenvalue weighted by Gasteiger charge is -2.31. The summed E-state index contributed by atoms with van der Waals surface area (Å²) in [4.78, 5) is 11.4. The second-order valence-corrected chi connectivity index (χ2v) is 9.14. The highest BCUT2D eigenvalue weighted by molar-refractivity contribution is 5.96. The van der Waals surface area contributed by atoms with Gasteiger partial charge in [0, 0.05) is 11.8 Å². The lowest BCUT2D eigenvalue weighted by atomic mass is 9.72. The number of aliphatic hydroxyl groups excluding tert-OH is 2. The molecule has 2 atom stereocenters. The Labute approximate surface area is 200 Å². The van der Waals surface area contributed by atoms with Crippen LogP contribution in [0.5, 0.6) is 0 Å². The minimum Gasteiger partial charge on any atom is -0.469 e. The topological polar surface area (TPSA) is 66.8 Å². The number of rotatable bonds is 8. The number of methoxy groups -OCH3 is 1. The summed E-state index contributed by atoms with van der Waals surface area (Å²) < 4.78 is 18.3. The summed E-state index contributed by atoms with van der Waals surface area (Å²) in [6.07, 6.45) is 8.07. The van der Waals surface area contributed by atoms with Crippen LogP contribution in [0.1, 0.15) is 49.7 Å². The van der Waals surface area contributed by atoms with Crippen LogP contribution in [0.25, 0.3) is 11.1 Å². The fraction of sp³-hybridized carbons (Fsp3) is 0.345. The van der Waals surface area contributed by atoms with E-state index in [0.717, 1.165) is 42.4 Å². The van der Waals surface area contributed by atoms with Gasteiger partial charge in [-0.1, -0.05) is 67.5 Å². The zero-order valence-corrected chi connectivity index (χ0v) is 19.4. The molecule has 4 nitrogen and oxygen atoms in total. The zero-order valence-electron chi connectivity index (χ0n) is 19.4. The van der Waals surface area contributed by atoms with Gasteiger partial charge in [0.25, 0.3) is 0 Å². The van der Waals surface area contributed by atoms with E-state index < -0.39 is 18.2 Å². The van der Waals surface area contributed by atoms with Crippen LogP contribution in [0.3, 0.4) is 0 Å². The van der Waals surface area contributed by atoms with Crippen LogP contribution in [0.4, 0.5) is 4.39 Å². The Hall–Kier alpha value is -3.02. The molecule has 4 rings (SSSR count). The highest BCUT2D eigenvalue weighted by Gasteiger charge is 2.45. The molecule has 34 heavy (non-hydrogen) atoms. The molecule has 0 bridgehead atoms.